The van der Waals surface area contributed by atoms with Crippen molar-refractivity contribution in [1.82, 2.24) is 0 Å². The maximum atomic E-state index is 9.49. The Labute approximate surface area is 179 Å². The third kappa shape index (κ3) is 49.6. The summed E-state index contributed by atoms with van der Waals surface area (Å²) in [4.78, 5) is 32.0. The van der Waals surface area contributed by atoms with Crippen LogP contribution in [0.2, 0.25) is 0 Å². The van der Waals surface area contributed by atoms with Crippen LogP contribution in [0, 0.1) is 0 Å². The summed E-state index contributed by atoms with van der Waals surface area (Å²) in [5.74, 6) is -3.56. The fraction of sp³-hybridized carbons (Fsp3) is 0.471. The molecule has 0 spiro atoms. The molecule has 0 aliphatic carbocycles. The van der Waals surface area contributed by atoms with Crippen LogP contribution < -0.4 is 20.6 Å². The first-order valence-corrected chi connectivity index (χ1v) is 7.27. The molecule has 28 heavy (non-hydrogen) atoms. The number of carbonyl (C=O) groups excluding carboxylic acids is 3. The molecule has 0 bridgehead atoms. The van der Waals surface area contributed by atoms with Crippen LogP contribution in [0.4, 0.5) is 0 Å². The molecule has 0 aromatic rings. The molecule has 0 aliphatic heterocycles. The number of methoxy groups -OCH3 is 1. The van der Waals surface area contributed by atoms with Crippen LogP contribution in [0.5, 0.6) is 0 Å². The van der Waals surface area contributed by atoms with Gasteiger partial charge in [0.1, 0.15) is 0 Å². The predicted molar refractivity (Wildman–Crippen MR) is 88.1 cm³/mol. The molecule has 0 aromatic heterocycles. The molecule has 0 amide bonds. The second-order valence-corrected chi connectivity index (χ2v) is 4.63. The van der Waals surface area contributed by atoms with E-state index in [1.54, 1.807) is 7.11 Å². The van der Waals surface area contributed by atoms with Crippen LogP contribution >= 0.6 is 0 Å². The Morgan fingerprint density at radius 1 is 0.714 bits per heavy atom. The number of aliphatic carboxylic acids is 3. The van der Waals surface area contributed by atoms with E-state index in [1.807, 2.05) is 0 Å². The van der Waals surface area contributed by atoms with Gasteiger partial charge < -0.3 is 49.3 Å². The Hall–Kier alpha value is -1.82. The van der Waals surface area contributed by atoms with E-state index in [9.17, 15) is 35.0 Å². The van der Waals surface area contributed by atoms with Gasteiger partial charge in [-0.2, -0.15) is 0 Å². The summed E-state index contributed by atoms with van der Waals surface area (Å²) in [6.45, 7) is 14.9. The van der Waals surface area contributed by atoms with E-state index in [-0.39, 0.29) is 45.0 Å². The topological polar surface area (TPSA) is 171 Å². The first-order valence-electron chi connectivity index (χ1n) is 7.27. The zero-order valence-corrected chi connectivity index (χ0v) is 18.1. The normalized spacial score (nSPS) is 8.04. The summed E-state index contributed by atoms with van der Waals surface area (Å²) in [5, 5.41) is 37.8. The average molecular weight is 438 g/mol. The van der Waals surface area contributed by atoms with Gasteiger partial charge in [-0.1, -0.05) is 19.7 Å². The van der Waals surface area contributed by atoms with E-state index in [0.717, 1.165) is 0 Å². The summed E-state index contributed by atoms with van der Waals surface area (Å²) in [6.07, 6.45) is 0. The van der Waals surface area contributed by atoms with Gasteiger partial charge in [-0.15, -0.1) is 0 Å². The molecular weight excluding hydrogens is 412 g/mol. The first kappa shape index (κ1) is 37.0. The van der Waals surface area contributed by atoms with Crippen LogP contribution in [-0.2, 0) is 50.5 Å². The molecule has 0 rings (SSSR count). The molecular formula is C17H26O10Ti. The van der Waals surface area contributed by atoms with Crippen LogP contribution in [0.25, 0.3) is 0 Å². The number of hydrogen-bond donors (Lipinski definition) is 0. The van der Waals surface area contributed by atoms with Gasteiger partial charge in [0.2, 0.25) is 0 Å². The Balaban J connectivity index is -0.0000000846. The maximum absolute atomic E-state index is 9.49. The van der Waals surface area contributed by atoms with E-state index >= 15 is 0 Å². The largest absolute Gasteiger partial charge is 4.00 e. The van der Waals surface area contributed by atoms with Crippen LogP contribution in [0.1, 0.15) is 20.8 Å². The van der Waals surface area contributed by atoms with E-state index < -0.39 is 17.9 Å². The average Bonchev–Trinajstić information content (AvgIpc) is 2.56. The van der Waals surface area contributed by atoms with E-state index in [4.69, 9.17) is 4.74 Å². The number of carboxylic acids is 3. The van der Waals surface area contributed by atoms with Crippen molar-refractivity contribution in [1.29, 1.82) is 0 Å². The van der Waals surface area contributed by atoms with Crippen LogP contribution in [0.3, 0.4) is 0 Å². The van der Waals surface area contributed by atoms with Crippen LogP contribution in [0.15, 0.2) is 36.5 Å². The molecule has 0 fully saturated rings. The van der Waals surface area contributed by atoms with Crippen molar-refractivity contribution in [3.63, 3.8) is 0 Å². The molecule has 0 atom stereocenters. The molecule has 0 heterocycles. The SMILES string of the molecule is C=C(C)C(=O)[O-].C=C(C)C(=O)[O-].C=C(C)C(=O)[O-].COCCOCCO[O-].[Ti+4]. The summed E-state index contributed by atoms with van der Waals surface area (Å²) in [6, 6.07) is 0. The van der Waals surface area contributed by atoms with E-state index in [2.05, 4.69) is 29.4 Å². The summed E-state index contributed by atoms with van der Waals surface area (Å²) in [5.41, 5.74) is 0.194. The number of rotatable bonds is 9. The van der Waals surface area contributed by atoms with Gasteiger partial charge >= 0.3 is 21.7 Å². The summed E-state index contributed by atoms with van der Waals surface area (Å²) in [7, 11) is 1.59. The number of hydrogen-bond acceptors (Lipinski definition) is 10. The molecule has 11 heteroatoms. The van der Waals surface area contributed by atoms with Gasteiger partial charge in [-0.05, 0) is 37.5 Å². The Kier molecular flexibility index (Phi) is 36.2. The van der Waals surface area contributed by atoms with Gasteiger partial charge in [0.15, 0.2) is 0 Å². The van der Waals surface area contributed by atoms with Crippen molar-refractivity contribution in [3.05, 3.63) is 36.5 Å². The zero-order valence-electron chi connectivity index (χ0n) is 16.5. The van der Waals surface area contributed by atoms with E-state index in [0.29, 0.717) is 19.8 Å². The maximum Gasteiger partial charge on any atom is 4.00 e. The number of carboxylic acid groups (broad SMARTS) is 3. The summed E-state index contributed by atoms with van der Waals surface area (Å²) >= 11 is 0. The minimum atomic E-state index is -1.19. The zero-order chi connectivity index (χ0) is 22.4. The van der Waals surface area contributed by atoms with Crippen molar-refractivity contribution in [3.8, 4) is 0 Å². The van der Waals surface area contributed by atoms with Crippen molar-refractivity contribution >= 4 is 17.9 Å². The summed E-state index contributed by atoms with van der Waals surface area (Å²) < 4.78 is 9.54. The Morgan fingerprint density at radius 3 is 1.14 bits per heavy atom. The smallest absolute Gasteiger partial charge is 0.723 e. The third-order valence-electron chi connectivity index (χ3n) is 1.79. The monoisotopic (exact) mass is 438 g/mol. The Bertz CT molecular complexity index is 375. The van der Waals surface area contributed by atoms with Crippen molar-refractivity contribution < 1.29 is 71.0 Å². The number of carbonyl (C=O) groups is 3. The van der Waals surface area contributed by atoms with Gasteiger partial charge in [0, 0.05) is 7.11 Å². The molecule has 0 aromatic carbocycles. The first-order chi connectivity index (χ1) is 12.3. The molecule has 0 saturated carbocycles. The molecule has 10 nitrogen and oxygen atoms in total. The number of ether oxygens (including phenoxy) is 2. The molecule has 0 N–H and O–H groups in total. The Morgan fingerprint density at radius 2 is 0.964 bits per heavy atom. The van der Waals surface area contributed by atoms with Crippen molar-refractivity contribution in [2.45, 2.75) is 20.8 Å². The van der Waals surface area contributed by atoms with E-state index in [1.165, 1.54) is 20.8 Å². The van der Waals surface area contributed by atoms with Gasteiger partial charge in [-0.3, -0.25) is 0 Å². The predicted octanol–water partition coefficient (Wildman–Crippen LogP) is -3.12. The van der Waals surface area contributed by atoms with Crippen LogP contribution in [-0.4, -0.2) is 51.4 Å². The molecule has 0 radical (unpaired) electrons. The second kappa shape index (κ2) is 27.4. The van der Waals surface area contributed by atoms with Crippen molar-refractivity contribution in [2.24, 2.45) is 0 Å². The second-order valence-electron chi connectivity index (χ2n) is 4.63. The minimum Gasteiger partial charge on any atom is -0.723 e. The standard InChI is InChI=1S/C5H12O4.3C4H6O2.Ti/c1-7-2-3-8-4-5-9-6;3*1-3(2)4(5)6;/h6H,2-5H2,1H3;3*1H2,2H3,(H,5,6);/q;;;;+4/p-4. The molecule has 0 saturated heterocycles. The van der Waals surface area contributed by atoms with Crippen molar-refractivity contribution in [2.75, 3.05) is 33.5 Å². The quantitative estimate of drug-likeness (QED) is 0.118. The van der Waals surface area contributed by atoms with Gasteiger partial charge in [0.25, 0.3) is 0 Å². The van der Waals surface area contributed by atoms with Gasteiger partial charge in [-0.25, -0.2) is 0 Å². The molecule has 0 aliphatic rings. The fourth-order valence-corrected chi connectivity index (χ4v) is 0.337. The molecule has 0 unspecified atom stereocenters. The third-order valence-corrected chi connectivity index (χ3v) is 1.79. The minimum absolute atomic E-state index is 0. The fourth-order valence-electron chi connectivity index (χ4n) is 0.337. The van der Waals surface area contributed by atoms with Gasteiger partial charge in [0.05, 0.1) is 44.3 Å². The molecule has 158 valence electrons.